The van der Waals surface area contributed by atoms with Gasteiger partial charge in [-0.25, -0.2) is 4.98 Å². The van der Waals surface area contributed by atoms with Gasteiger partial charge in [-0.1, -0.05) is 68.2 Å². The van der Waals surface area contributed by atoms with E-state index in [2.05, 4.69) is 4.98 Å². The molecule has 2 atom stereocenters. The van der Waals surface area contributed by atoms with E-state index < -0.39 is 5.41 Å². The first-order chi connectivity index (χ1) is 13.4. The number of esters is 1. The summed E-state index contributed by atoms with van der Waals surface area (Å²) in [6.07, 6.45) is 2.31. The van der Waals surface area contributed by atoms with Crippen LogP contribution in [-0.2, 0) is 14.9 Å². The maximum Gasteiger partial charge on any atom is 0.318 e. The quantitative estimate of drug-likeness (QED) is 0.470. The second-order valence-electron chi connectivity index (χ2n) is 6.76. The zero-order valence-corrected chi connectivity index (χ0v) is 18.0. The highest BCUT2D eigenvalue weighted by Crippen LogP contribution is 2.44. The molecule has 1 aromatic carbocycles. The zero-order chi connectivity index (χ0) is 20.7. The minimum Gasteiger partial charge on any atom is -0.468 e. The topological polar surface area (TPSA) is 48.4 Å². The highest BCUT2D eigenvalue weighted by Gasteiger charge is 2.50. The third-order valence-electron chi connectivity index (χ3n) is 4.90. The van der Waals surface area contributed by atoms with Crippen LogP contribution in [0.25, 0.3) is 0 Å². The molecule has 28 heavy (non-hydrogen) atoms. The first-order valence-electron chi connectivity index (χ1n) is 9.17. The number of nitrogens with zero attached hydrogens (tertiary/aromatic N) is 1. The van der Waals surface area contributed by atoms with E-state index in [1.807, 2.05) is 63.2 Å². The molecule has 0 fully saturated rings. The van der Waals surface area contributed by atoms with Gasteiger partial charge in [-0.3, -0.25) is 4.79 Å². The number of methoxy groups -OCH3 is 1. The van der Waals surface area contributed by atoms with E-state index in [-0.39, 0.29) is 22.3 Å². The number of carbonyl (C=O) groups is 1. The molecule has 1 heterocycles. The molecule has 4 nitrogen and oxygen atoms in total. The summed E-state index contributed by atoms with van der Waals surface area (Å²) >= 11 is 11.9. The monoisotopic (exact) mass is 421 g/mol. The summed E-state index contributed by atoms with van der Waals surface area (Å²) in [6, 6.07) is 14.7. The molecule has 0 saturated heterocycles. The largest absolute Gasteiger partial charge is 0.468 e. The lowest BCUT2D eigenvalue weighted by Gasteiger charge is -2.39. The van der Waals surface area contributed by atoms with E-state index in [9.17, 15) is 4.79 Å². The van der Waals surface area contributed by atoms with E-state index in [1.54, 1.807) is 12.1 Å². The van der Waals surface area contributed by atoms with Crippen LogP contribution in [0.4, 0.5) is 0 Å². The Morgan fingerprint density at radius 1 is 1.14 bits per heavy atom. The molecule has 0 aliphatic carbocycles. The van der Waals surface area contributed by atoms with Crippen molar-refractivity contribution in [1.82, 2.24) is 4.98 Å². The smallest absolute Gasteiger partial charge is 0.318 e. The number of rotatable bonds is 8. The number of hydrogen-bond donors (Lipinski definition) is 0. The second kappa shape index (κ2) is 9.94. The highest BCUT2D eigenvalue weighted by molar-refractivity contribution is 6.55. The summed E-state index contributed by atoms with van der Waals surface area (Å²) in [7, 11) is 1.38. The molecule has 2 aromatic rings. The van der Waals surface area contributed by atoms with Gasteiger partial charge in [0.05, 0.1) is 12.8 Å². The molecule has 0 bridgehead atoms. The molecule has 0 aliphatic heterocycles. The van der Waals surface area contributed by atoms with E-state index >= 15 is 0 Å². The lowest BCUT2D eigenvalue weighted by Crippen LogP contribution is -2.48. The Labute approximate surface area is 176 Å². The molecule has 150 valence electrons. The maximum absolute atomic E-state index is 13.1. The van der Waals surface area contributed by atoms with E-state index in [0.29, 0.717) is 23.7 Å². The summed E-state index contributed by atoms with van der Waals surface area (Å²) < 4.78 is 11.2. The Bertz CT molecular complexity index is 820. The third kappa shape index (κ3) is 4.68. The number of ether oxygens (including phenoxy) is 2. The molecular weight excluding hydrogens is 397 g/mol. The number of aromatic nitrogens is 1. The van der Waals surface area contributed by atoms with Gasteiger partial charge in [0, 0.05) is 12.0 Å². The van der Waals surface area contributed by atoms with Crippen LogP contribution in [0.5, 0.6) is 11.6 Å². The molecule has 0 radical (unpaired) electrons. The van der Waals surface area contributed by atoms with Crippen LogP contribution in [0.1, 0.15) is 32.9 Å². The lowest BCUT2D eigenvalue weighted by molar-refractivity contribution is -0.152. The van der Waals surface area contributed by atoms with Gasteiger partial charge in [-0.05, 0) is 36.6 Å². The average molecular weight is 422 g/mol. The first kappa shape index (κ1) is 22.3. The van der Waals surface area contributed by atoms with Crippen LogP contribution in [0.3, 0.4) is 0 Å². The van der Waals surface area contributed by atoms with Crippen molar-refractivity contribution in [3.05, 3.63) is 64.8 Å². The van der Waals surface area contributed by atoms with Gasteiger partial charge < -0.3 is 9.47 Å². The Hall–Kier alpha value is -2.04. The normalized spacial score (nSPS) is 14.1. The van der Waals surface area contributed by atoms with Crippen molar-refractivity contribution in [2.45, 2.75) is 32.6 Å². The van der Waals surface area contributed by atoms with Gasteiger partial charge in [-0.2, -0.15) is 0 Å². The predicted octanol–water partition coefficient (Wildman–Crippen LogP) is 6.29. The fraction of sp³-hybridized carbons (Fsp3) is 0.364. The summed E-state index contributed by atoms with van der Waals surface area (Å²) in [4.78, 5) is 17.8. The second-order valence-corrected chi connectivity index (χ2v) is 7.77. The summed E-state index contributed by atoms with van der Waals surface area (Å²) in [6.45, 7) is 5.90. The Kier molecular flexibility index (Phi) is 7.90. The number of benzene rings is 1. The van der Waals surface area contributed by atoms with Crippen LogP contribution in [-0.4, -0.2) is 18.1 Å². The maximum atomic E-state index is 13.1. The van der Waals surface area contributed by atoms with Crippen molar-refractivity contribution in [2.75, 3.05) is 7.11 Å². The van der Waals surface area contributed by atoms with Crippen molar-refractivity contribution >= 4 is 29.2 Å². The molecule has 0 aliphatic rings. The van der Waals surface area contributed by atoms with Crippen molar-refractivity contribution in [3.63, 3.8) is 0 Å². The summed E-state index contributed by atoms with van der Waals surface area (Å²) in [5, 5.41) is 0. The number of para-hydroxylation sites is 1. The molecule has 2 unspecified atom stereocenters. The van der Waals surface area contributed by atoms with Crippen molar-refractivity contribution in [1.29, 1.82) is 0 Å². The van der Waals surface area contributed by atoms with Gasteiger partial charge in [0.2, 0.25) is 5.88 Å². The molecule has 6 heteroatoms. The van der Waals surface area contributed by atoms with Crippen LogP contribution in [0.15, 0.2) is 59.1 Å². The Morgan fingerprint density at radius 3 is 2.36 bits per heavy atom. The van der Waals surface area contributed by atoms with Crippen molar-refractivity contribution in [3.8, 4) is 11.6 Å². The SMILES string of the molecule is CCC(C=C(Cl)Cl)C(C(=O)OC)(c1cccc(Oc2ccccc2)n1)C(C)C. The fourth-order valence-electron chi connectivity index (χ4n) is 3.61. The van der Waals surface area contributed by atoms with E-state index in [1.165, 1.54) is 7.11 Å². The number of allylic oxidation sites excluding steroid dienone is 1. The summed E-state index contributed by atoms with van der Waals surface area (Å²) in [5.41, 5.74) is -0.505. The minimum absolute atomic E-state index is 0.109. The Morgan fingerprint density at radius 2 is 1.82 bits per heavy atom. The molecule has 0 saturated carbocycles. The summed E-state index contributed by atoms with van der Waals surface area (Å²) in [5.74, 6) is 0.242. The zero-order valence-electron chi connectivity index (χ0n) is 16.5. The average Bonchev–Trinajstić information content (AvgIpc) is 2.68. The first-order valence-corrected chi connectivity index (χ1v) is 9.93. The fourth-order valence-corrected chi connectivity index (χ4v) is 3.91. The number of pyridine rings is 1. The molecule has 1 aromatic heterocycles. The highest BCUT2D eigenvalue weighted by atomic mass is 35.5. The molecular formula is C22H25Cl2NO3. The Balaban J connectivity index is 2.61. The minimum atomic E-state index is -1.06. The molecule has 0 N–H and O–H groups in total. The van der Waals surface area contributed by atoms with Crippen LogP contribution < -0.4 is 4.74 Å². The van der Waals surface area contributed by atoms with Crippen LogP contribution >= 0.6 is 23.2 Å². The predicted molar refractivity (Wildman–Crippen MR) is 113 cm³/mol. The van der Waals surface area contributed by atoms with Crippen LogP contribution in [0, 0.1) is 11.8 Å². The number of halogens is 2. The van der Waals surface area contributed by atoms with E-state index in [0.717, 1.165) is 0 Å². The lowest BCUT2D eigenvalue weighted by atomic mass is 9.64. The van der Waals surface area contributed by atoms with Gasteiger partial charge >= 0.3 is 5.97 Å². The molecule has 2 rings (SSSR count). The van der Waals surface area contributed by atoms with Gasteiger partial charge in [0.15, 0.2) is 0 Å². The standard InChI is InChI=1S/C22H25Cl2NO3/c1-5-16(14-19(23)24)22(15(2)3,21(26)27-4)18-12-9-13-20(25-18)28-17-10-7-6-8-11-17/h6-16H,5H2,1-4H3. The van der Waals surface area contributed by atoms with Crippen molar-refractivity contribution < 1.29 is 14.3 Å². The van der Waals surface area contributed by atoms with Crippen LogP contribution in [0.2, 0.25) is 0 Å². The van der Waals surface area contributed by atoms with Gasteiger partial charge in [0.1, 0.15) is 15.7 Å². The van der Waals surface area contributed by atoms with Gasteiger partial charge in [0.25, 0.3) is 0 Å². The molecule has 0 amide bonds. The van der Waals surface area contributed by atoms with E-state index in [4.69, 9.17) is 32.7 Å². The number of hydrogen-bond acceptors (Lipinski definition) is 4. The number of carbonyl (C=O) groups excluding carboxylic acids is 1. The van der Waals surface area contributed by atoms with Crippen molar-refractivity contribution in [2.24, 2.45) is 11.8 Å². The third-order valence-corrected chi connectivity index (χ3v) is 5.15. The molecule has 0 spiro atoms. The van der Waals surface area contributed by atoms with Gasteiger partial charge in [-0.15, -0.1) is 0 Å².